The second kappa shape index (κ2) is 5.61. The predicted molar refractivity (Wildman–Crippen MR) is 90.9 cm³/mol. The summed E-state index contributed by atoms with van der Waals surface area (Å²) in [6.07, 6.45) is 4.31. The third-order valence-electron chi connectivity index (χ3n) is 3.89. The molecule has 0 aliphatic heterocycles. The predicted octanol–water partition coefficient (Wildman–Crippen LogP) is 5.60. The summed E-state index contributed by atoms with van der Waals surface area (Å²) < 4.78 is 0. The molecule has 1 nitrogen and oxygen atoms in total. The van der Waals surface area contributed by atoms with Gasteiger partial charge in [0.1, 0.15) is 5.75 Å². The number of aromatic hydroxyl groups is 1. The quantitative estimate of drug-likeness (QED) is 0.488. The molecule has 0 aliphatic rings. The fourth-order valence-corrected chi connectivity index (χ4v) is 2.77. The van der Waals surface area contributed by atoms with Gasteiger partial charge in [0.2, 0.25) is 0 Å². The van der Waals surface area contributed by atoms with Gasteiger partial charge in [0, 0.05) is 10.8 Å². The van der Waals surface area contributed by atoms with Crippen molar-refractivity contribution in [3.63, 3.8) is 0 Å². The van der Waals surface area contributed by atoms with Crippen molar-refractivity contribution in [2.24, 2.45) is 0 Å². The number of phenols is 1. The van der Waals surface area contributed by atoms with Crippen LogP contribution in [0.2, 0.25) is 0 Å². The first-order valence-electron chi connectivity index (χ1n) is 7.42. The van der Waals surface area contributed by atoms with Crippen molar-refractivity contribution in [3.8, 4) is 5.75 Å². The first-order chi connectivity index (χ1) is 10.1. The molecule has 106 valence electrons. The molecule has 0 radical (unpaired) electrons. The van der Waals surface area contributed by atoms with Crippen molar-refractivity contribution in [1.29, 1.82) is 0 Å². The standard InChI is InChI=1S/C20H20O/c1-14(2)6-5-7-15-10-11-17-13-16-8-3-4-9-18(16)20(21)19(17)12-15/h3-4,6,8-13,21H,5,7H2,1-2H3. The monoisotopic (exact) mass is 276 g/mol. The number of benzene rings is 3. The summed E-state index contributed by atoms with van der Waals surface area (Å²) in [7, 11) is 0. The van der Waals surface area contributed by atoms with E-state index in [1.165, 1.54) is 11.1 Å². The molecular weight excluding hydrogens is 256 g/mol. The minimum atomic E-state index is 0.396. The smallest absolute Gasteiger partial charge is 0.131 e. The Morgan fingerprint density at radius 3 is 2.52 bits per heavy atom. The Morgan fingerprint density at radius 1 is 0.952 bits per heavy atom. The van der Waals surface area contributed by atoms with E-state index < -0.39 is 0 Å². The maximum absolute atomic E-state index is 10.5. The van der Waals surface area contributed by atoms with Crippen LogP contribution in [0.4, 0.5) is 0 Å². The summed E-state index contributed by atoms with van der Waals surface area (Å²) in [5.74, 6) is 0.396. The molecule has 3 rings (SSSR count). The Bertz CT molecular complexity index is 824. The lowest BCUT2D eigenvalue weighted by Crippen LogP contribution is -1.86. The molecule has 0 fully saturated rings. The number of allylic oxidation sites excluding steroid dienone is 2. The van der Waals surface area contributed by atoms with Crippen molar-refractivity contribution in [3.05, 3.63) is 65.7 Å². The van der Waals surface area contributed by atoms with Crippen LogP contribution in [0.15, 0.2) is 60.2 Å². The molecule has 0 saturated heterocycles. The van der Waals surface area contributed by atoms with Crippen LogP contribution in [0.5, 0.6) is 5.75 Å². The Morgan fingerprint density at radius 2 is 1.71 bits per heavy atom. The Balaban J connectivity index is 2.06. The van der Waals surface area contributed by atoms with E-state index in [4.69, 9.17) is 0 Å². The molecule has 0 amide bonds. The molecule has 1 N–H and O–H groups in total. The van der Waals surface area contributed by atoms with E-state index in [1.54, 1.807) is 0 Å². The summed E-state index contributed by atoms with van der Waals surface area (Å²) >= 11 is 0. The van der Waals surface area contributed by atoms with Crippen molar-refractivity contribution in [2.75, 3.05) is 0 Å². The van der Waals surface area contributed by atoms with Crippen LogP contribution >= 0.6 is 0 Å². The van der Waals surface area contributed by atoms with E-state index in [0.29, 0.717) is 5.75 Å². The van der Waals surface area contributed by atoms with Crippen molar-refractivity contribution < 1.29 is 5.11 Å². The maximum Gasteiger partial charge on any atom is 0.131 e. The molecule has 0 spiro atoms. The van der Waals surface area contributed by atoms with Crippen LogP contribution in [0.25, 0.3) is 21.5 Å². The molecule has 0 saturated carbocycles. The van der Waals surface area contributed by atoms with Gasteiger partial charge in [-0.1, -0.05) is 48.0 Å². The minimum Gasteiger partial charge on any atom is -0.507 e. The molecule has 3 aromatic rings. The van der Waals surface area contributed by atoms with E-state index in [2.05, 4.69) is 44.2 Å². The molecule has 0 atom stereocenters. The van der Waals surface area contributed by atoms with Crippen molar-refractivity contribution >= 4 is 21.5 Å². The number of fused-ring (bicyclic) bond motifs is 2. The van der Waals surface area contributed by atoms with E-state index in [-0.39, 0.29) is 0 Å². The molecule has 0 aromatic heterocycles. The summed E-state index contributed by atoms with van der Waals surface area (Å²) in [5, 5.41) is 14.6. The summed E-state index contributed by atoms with van der Waals surface area (Å²) in [6, 6.07) is 16.5. The van der Waals surface area contributed by atoms with Gasteiger partial charge in [0.25, 0.3) is 0 Å². The molecule has 0 heterocycles. The summed E-state index contributed by atoms with van der Waals surface area (Å²) in [4.78, 5) is 0. The van der Waals surface area contributed by atoms with Gasteiger partial charge in [-0.3, -0.25) is 0 Å². The van der Waals surface area contributed by atoms with E-state index in [1.807, 2.05) is 24.3 Å². The highest BCUT2D eigenvalue weighted by Gasteiger charge is 2.06. The maximum atomic E-state index is 10.5. The van der Waals surface area contributed by atoms with Crippen LogP contribution in [-0.4, -0.2) is 5.11 Å². The Hall–Kier alpha value is -2.28. The van der Waals surface area contributed by atoms with E-state index in [0.717, 1.165) is 34.4 Å². The second-order valence-corrected chi connectivity index (χ2v) is 5.82. The first kappa shape index (κ1) is 13.7. The van der Waals surface area contributed by atoms with Gasteiger partial charge in [0.15, 0.2) is 0 Å². The largest absolute Gasteiger partial charge is 0.507 e. The number of phenolic OH excluding ortho intramolecular Hbond substituents is 1. The van der Waals surface area contributed by atoms with Crippen LogP contribution < -0.4 is 0 Å². The highest BCUT2D eigenvalue weighted by atomic mass is 16.3. The summed E-state index contributed by atoms with van der Waals surface area (Å²) in [5.41, 5.74) is 2.62. The van der Waals surface area contributed by atoms with Gasteiger partial charge in [-0.05, 0) is 55.2 Å². The average Bonchev–Trinajstić information content (AvgIpc) is 2.48. The number of rotatable bonds is 3. The molecule has 0 unspecified atom stereocenters. The number of hydrogen-bond acceptors (Lipinski definition) is 1. The number of hydrogen-bond donors (Lipinski definition) is 1. The molecular formula is C20H20O. The van der Waals surface area contributed by atoms with Crippen molar-refractivity contribution in [2.45, 2.75) is 26.7 Å². The third-order valence-corrected chi connectivity index (χ3v) is 3.89. The average molecular weight is 276 g/mol. The Labute approximate surface area is 125 Å². The number of aryl methyl sites for hydroxylation is 1. The van der Waals surface area contributed by atoms with Crippen LogP contribution in [0.1, 0.15) is 25.8 Å². The van der Waals surface area contributed by atoms with Gasteiger partial charge < -0.3 is 5.11 Å². The zero-order valence-electron chi connectivity index (χ0n) is 12.6. The Kier molecular flexibility index (Phi) is 3.66. The van der Waals surface area contributed by atoms with E-state index in [9.17, 15) is 5.11 Å². The molecule has 0 bridgehead atoms. The van der Waals surface area contributed by atoms with Crippen LogP contribution in [-0.2, 0) is 6.42 Å². The summed E-state index contributed by atoms with van der Waals surface area (Å²) in [6.45, 7) is 4.25. The van der Waals surface area contributed by atoms with Gasteiger partial charge in [0.05, 0.1) is 0 Å². The molecule has 21 heavy (non-hydrogen) atoms. The zero-order valence-corrected chi connectivity index (χ0v) is 12.6. The fourth-order valence-electron chi connectivity index (χ4n) is 2.77. The van der Waals surface area contributed by atoms with Gasteiger partial charge in [-0.25, -0.2) is 0 Å². The van der Waals surface area contributed by atoms with Crippen LogP contribution in [0.3, 0.4) is 0 Å². The lowest BCUT2D eigenvalue weighted by atomic mass is 9.99. The normalized spacial score (nSPS) is 11.0. The molecule has 0 aliphatic carbocycles. The van der Waals surface area contributed by atoms with Gasteiger partial charge >= 0.3 is 0 Å². The first-order valence-corrected chi connectivity index (χ1v) is 7.42. The van der Waals surface area contributed by atoms with Crippen molar-refractivity contribution in [1.82, 2.24) is 0 Å². The van der Waals surface area contributed by atoms with Crippen LogP contribution in [0, 0.1) is 0 Å². The third kappa shape index (κ3) is 2.78. The zero-order chi connectivity index (χ0) is 14.8. The highest BCUT2D eigenvalue weighted by molar-refractivity contribution is 6.05. The topological polar surface area (TPSA) is 20.2 Å². The lowest BCUT2D eigenvalue weighted by molar-refractivity contribution is 0.487. The van der Waals surface area contributed by atoms with Gasteiger partial charge in [-0.15, -0.1) is 0 Å². The van der Waals surface area contributed by atoms with E-state index >= 15 is 0 Å². The molecule has 1 heteroatoms. The minimum absolute atomic E-state index is 0.396. The molecule has 3 aromatic carbocycles. The lowest BCUT2D eigenvalue weighted by Gasteiger charge is -2.08. The highest BCUT2D eigenvalue weighted by Crippen LogP contribution is 2.34. The fraction of sp³-hybridized carbons (Fsp3) is 0.200. The van der Waals surface area contributed by atoms with Gasteiger partial charge in [-0.2, -0.15) is 0 Å². The second-order valence-electron chi connectivity index (χ2n) is 5.82. The SMILES string of the molecule is CC(C)=CCCc1ccc2cc3ccccc3c(O)c2c1.